The molecule has 0 atom stereocenters. The molecule has 2 aromatic heterocycles. The standard InChI is InChI=1S/C18H23N3O2/c1-14-10-17(13-23-14)18(22)20-11-15-4-8-21(9-5-15)12-16-2-6-19-7-3-16/h2-3,6-7,10,13,15H,4-5,8-9,11-12H2,1H3,(H,20,22). The molecular weight excluding hydrogens is 290 g/mol. The van der Waals surface area contributed by atoms with Crippen molar-refractivity contribution in [2.24, 2.45) is 5.92 Å². The van der Waals surface area contributed by atoms with Crippen LogP contribution < -0.4 is 5.32 Å². The number of pyridine rings is 1. The Labute approximate surface area is 136 Å². The van der Waals surface area contributed by atoms with Crippen LogP contribution in [-0.4, -0.2) is 35.4 Å². The SMILES string of the molecule is Cc1cc(C(=O)NCC2CCN(Cc3ccncc3)CC2)co1. The van der Waals surface area contributed by atoms with Crippen molar-refractivity contribution in [3.05, 3.63) is 53.7 Å². The second-order valence-corrected chi connectivity index (χ2v) is 6.23. The summed E-state index contributed by atoms with van der Waals surface area (Å²) in [5.74, 6) is 1.28. The van der Waals surface area contributed by atoms with Crippen molar-refractivity contribution < 1.29 is 9.21 Å². The van der Waals surface area contributed by atoms with Crippen molar-refractivity contribution in [2.75, 3.05) is 19.6 Å². The van der Waals surface area contributed by atoms with Crippen molar-refractivity contribution in [2.45, 2.75) is 26.3 Å². The van der Waals surface area contributed by atoms with Gasteiger partial charge in [0.2, 0.25) is 0 Å². The van der Waals surface area contributed by atoms with E-state index in [9.17, 15) is 4.79 Å². The van der Waals surface area contributed by atoms with Crippen molar-refractivity contribution >= 4 is 5.91 Å². The van der Waals surface area contributed by atoms with E-state index in [1.807, 2.05) is 19.3 Å². The molecule has 0 unspecified atom stereocenters. The second-order valence-electron chi connectivity index (χ2n) is 6.23. The third-order valence-electron chi connectivity index (χ3n) is 4.41. The molecule has 3 heterocycles. The molecule has 5 nitrogen and oxygen atoms in total. The molecule has 0 bridgehead atoms. The topological polar surface area (TPSA) is 58.4 Å². The number of piperidine rings is 1. The molecule has 1 saturated heterocycles. The van der Waals surface area contributed by atoms with Gasteiger partial charge in [0.25, 0.3) is 5.91 Å². The highest BCUT2D eigenvalue weighted by atomic mass is 16.3. The number of carbonyl (C=O) groups is 1. The number of aryl methyl sites for hydroxylation is 1. The second kappa shape index (κ2) is 7.42. The minimum absolute atomic E-state index is 0.0407. The number of nitrogens with one attached hydrogen (secondary N) is 1. The fourth-order valence-electron chi connectivity index (χ4n) is 3.00. The summed E-state index contributed by atoms with van der Waals surface area (Å²) in [4.78, 5) is 18.5. The normalized spacial score (nSPS) is 16.4. The number of amides is 1. The lowest BCUT2D eigenvalue weighted by atomic mass is 9.96. The predicted molar refractivity (Wildman–Crippen MR) is 88.0 cm³/mol. The summed E-state index contributed by atoms with van der Waals surface area (Å²) in [5.41, 5.74) is 1.92. The van der Waals surface area contributed by atoms with Crippen LogP contribution in [0.3, 0.4) is 0 Å². The van der Waals surface area contributed by atoms with Crippen molar-refractivity contribution in [3.8, 4) is 0 Å². The Morgan fingerprint density at radius 1 is 1.35 bits per heavy atom. The summed E-state index contributed by atoms with van der Waals surface area (Å²) in [6.07, 6.45) is 7.44. The number of furan rings is 1. The third kappa shape index (κ3) is 4.42. The van der Waals surface area contributed by atoms with Gasteiger partial charge in [0.05, 0.1) is 5.56 Å². The summed E-state index contributed by atoms with van der Waals surface area (Å²) in [5, 5.41) is 3.02. The zero-order valence-corrected chi connectivity index (χ0v) is 13.5. The lowest BCUT2D eigenvalue weighted by Gasteiger charge is -2.32. The summed E-state index contributed by atoms with van der Waals surface area (Å²) in [6.45, 7) is 5.72. The van der Waals surface area contributed by atoms with Gasteiger partial charge in [-0.3, -0.25) is 14.7 Å². The van der Waals surface area contributed by atoms with Gasteiger partial charge in [0, 0.05) is 25.5 Å². The Balaban J connectivity index is 1.40. The summed E-state index contributed by atoms with van der Waals surface area (Å²) in [7, 11) is 0. The van der Waals surface area contributed by atoms with Gasteiger partial charge in [-0.2, -0.15) is 0 Å². The van der Waals surface area contributed by atoms with Crippen LogP contribution in [0.1, 0.15) is 34.5 Å². The number of nitrogens with zero attached hydrogens (tertiary/aromatic N) is 2. The van der Waals surface area contributed by atoms with Crippen LogP contribution >= 0.6 is 0 Å². The van der Waals surface area contributed by atoms with Gasteiger partial charge in [-0.05, 0) is 62.5 Å². The lowest BCUT2D eigenvalue weighted by molar-refractivity contribution is 0.0934. The van der Waals surface area contributed by atoms with Crippen LogP contribution in [0.25, 0.3) is 0 Å². The van der Waals surface area contributed by atoms with E-state index in [0.717, 1.165) is 44.8 Å². The van der Waals surface area contributed by atoms with Crippen molar-refractivity contribution in [1.82, 2.24) is 15.2 Å². The molecule has 5 heteroatoms. The van der Waals surface area contributed by atoms with Gasteiger partial charge < -0.3 is 9.73 Å². The molecule has 122 valence electrons. The van der Waals surface area contributed by atoms with Gasteiger partial charge in [-0.25, -0.2) is 0 Å². The quantitative estimate of drug-likeness (QED) is 0.922. The van der Waals surface area contributed by atoms with Crippen LogP contribution in [0.4, 0.5) is 0 Å². The van der Waals surface area contributed by atoms with E-state index in [0.29, 0.717) is 11.5 Å². The molecule has 2 aromatic rings. The first-order valence-electron chi connectivity index (χ1n) is 8.15. The van der Waals surface area contributed by atoms with E-state index in [4.69, 9.17) is 4.42 Å². The Hall–Kier alpha value is -2.14. The first kappa shape index (κ1) is 15.7. The van der Waals surface area contributed by atoms with Gasteiger partial charge in [0.15, 0.2) is 0 Å². The van der Waals surface area contributed by atoms with Crippen LogP contribution in [0.2, 0.25) is 0 Å². The fraction of sp³-hybridized carbons (Fsp3) is 0.444. The average molecular weight is 313 g/mol. The minimum Gasteiger partial charge on any atom is -0.469 e. The summed E-state index contributed by atoms with van der Waals surface area (Å²) < 4.78 is 5.18. The molecule has 3 rings (SSSR count). The molecular formula is C18H23N3O2. The van der Waals surface area contributed by atoms with E-state index in [2.05, 4.69) is 27.3 Å². The third-order valence-corrected chi connectivity index (χ3v) is 4.41. The maximum Gasteiger partial charge on any atom is 0.254 e. The number of carbonyl (C=O) groups excluding carboxylic acids is 1. The highest BCUT2D eigenvalue weighted by Gasteiger charge is 2.20. The molecule has 1 aliphatic rings. The van der Waals surface area contributed by atoms with E-state index in [1.54, 1.807) is 6.07 Å². The average Bonchev–Trinajstić information content (AvgIpc) is 3.01. The Bertz CT molecular complexity index is 631. The number of hydrogen-bond donors (Lipinski definition) is 1. The maximum atomic E-state index is 12.0. The van der Waals surface area contributed by atoms with Gasteiger partial charge >= 0.3 is 0 Å². The van der Waals surface area contributed by atoms with Gasteiger partial charge in [-0.1, -0.05) is 0 Å². The van der Waals surface area contributed by atoms with E-state index >= 15 is 0 Å². The van der Waals surface area contributed by atoms with Crippen LogP contribution in [0.15, 0.2) is 41.3 Å². The Kier molecular flexibility index (Phi) is 5.08. The smallest absolute Gasteiger partial charge is 0.254 e. The first-order chi connectivity index (χ1) is 11.2. The Morgan fingerprint density at radius 2 is 2.09 bits per heavy atom. The summed E-state index contributed by atoms with van der Waals surface area (Å²) in [6, 6.07) is 5.91. The van der Waals surface area contributed by atoms with E-state index in [-0.39, 0.29) is 5.91 Å². The molecule has 1 aliphatic heterocycles. The molecule has 0 spiro atoms. The van der Waals surface area contributed by atoms with Crippen LogP contribution in [0, 0.1) is 12.8 Å². The molecule has 1 amide bonds. The van der Waals surface area contributed by atoms with Gasteiger partial charge in [0.1, 0.15) is 12.0 Å². The molecule has 0 aliphatic carbocycles. The zero-order chi connectivity index (χ0) is 16.1. The van der Waals surface area contributed by atoms with E-state index in [1.165, 1.54) is 11.8 Å². The maximum absolute atomic E-state index is 12.0. The minimum atomic E-state index is -0.0407. The molecule has 0 saturated carbocycles. The number of hydrogen-bond acceptors (Lipinski definition) is 4. The highest BCUT2D eigenvalue weighted by Crippen LogP contribution is 2.18. The molecule has 0 aromatic carbocycles. The number of rotatable bonds is 5. The number of aromatic nitrogens is 1. The van der Waals surface area contributed by atoms with Gasteiger partial charge in [-0.15, -0.1) is 0 Å². The number of likely N-dealkylation sites (tertiary alicyclic amines) is 1. The van der Waals surface area contributed by atoms with E-state index < -0.39 is 0 Å². The van der Waals surface area contributed by atoms with Crippen LogP contribution in [-0.2, 0) is 6.54 Å². The summed E-state index contributed by atoms with van der Waals surface area (Å²) >= 11 is 0. The van der Waals surface area contributed by atoms with Crippen molar-refractivity contribution in [1.29, 1.82) is 0 Å². The molecule has 1 fully saturated rings. The molecule has 0 radical (unpaired) electrons. The zero-order valence-electron chi connectivity index (χ0n) is 13.5. The molecule has 1 N–H and O–H groups in total. The first-order valence-corrected chi connectivity index (χ1v) is 8.15. The van der Waals surface area contributed by atoms with Crippen molar-refractivity contribution in [3.63, 3.8) is 0 Å². The van der Waals surface area contributed by atoms with Crippen LogP contribution in [0.5, 0.6) is 0 Å². The largest absolute Gasteiger partial charge is 0.469 e. The molecule has 23 heavy (non-hydrogen) atoms. The highest BCUT2D eigenvalue weighted by molar-refractivity contribution is 5.93. The lowest BCUT2D eigenvalue weighted by Crippen LogP contribution is -2.38. The monoisotopic (exact) mass is 313 g/mol. The fourth-order valence-corrected chi connectivity index (χ4v) is 3.00. The predicted octanol–water partition coefficient (Wildman–Crippen LogP) is 2.63. The Morgan fingerprint density at radius 3 is 2.74 bits per heavy atom.